The molecule has 2 aliphatic heterocycles. The van der Waals surface area contributed by atoms with Crippen molar-refractivity contribution in [3.05, 3.63) is 65.4 Å². The summed E-state index contributed by atoms with van der Waals surface area (Å²) in [6, 6.07) is 12.6. The van der Waals surface area contributed by atoms with Crippen molar-refractivity contribution in [1.29, 1.82) is 5.41 Å². The van der Waals surface area contributed by atoms with Crippen LogP contribution < -0.4 is 18.9 Å². The highest BCUT2D eigenvalue weighted by molar-refractivity contribution is 6.32. The lowest BCUT2D eigenvalue weighted by Crippen LogP contribution is -2.38. The second-order valence-corrected chi connectivity index (χ2v) is 7.11. The molecule has 9 nitrogen and oxygen atoms in total. The molecule has 0 aliphatic carbocycles. The number of amidine groups is 2. The molecule has 0 unspecified atom stereocenters. The Bertz CT molecular complexity index is 1180. The third kappa shape index (κ3) is 4.82. The maximum Gasteiger partial charge on any atom is 0.282 e. The van der Waals surface area contributed by atoms with E-state index < -0.39 is 5.91 Å². The maximum atomic E-state index is 12.4. The molecule has 1 N–H and O–H groups in total. The van der Waals surface area contributed by atoms with Crippen molar-refractivity contribution >= 4 is 23.7 Å². The molecular formula is C24H23N3O6. The number of carbonyl (C=O) groups excluding carboxylic acids is 1. The minimum atomic E-state index is -0.505. The van der Waals surface area contributed by atoms with Crippen LogP contribution in [-0.2, 0) is 9.63 Å². The van der Waals surface area contributed by atoms with Gasteiger partial charge in [-0.3, -0.25) is 10.2 Å². The zero-order chi connectivity index (χ0) is 23.4. The number of nitrogens with one attached hydrogen (secondary N) is 1. The van der Waals surface area contributed by atoms with Gasteiger partial charge in [-0.05, 0) is 42.8 Å². The van der Waals surface area contributed by atoms with Crippen LogP contribution in [-0.4, -0.2) is 50.1 Å². The number of carbonyl (C=O) groups is 1. The molecule has 2 aromatic rings. The molecular weight excluding hydrogens is 426 g/mol. The van der Waals surface area contributed by atoms with Crippen LogP contribution in [0.15, 0.2) is 64.9 Å². The predicted octanol–water partition coefficient (Wildman–Crippen LogP) is 3.61. The number of rotatable bonds is 8. The van der Waals surface area contributed by atoms with E-state index in [-0.39, 0.29) is 11.4 Å². The van der Waals surface area contributed by atoms with E-state index in [4.69, 9.17) is 29.2 Å². The van der Waals surface area contributed by atoms with Crippen LogP contribution in [0.25, 0.3) is 6.08 Å². The topological polar surface area (TPSA) is 103 Å². The van der Waals surface area contributed by atoms with Crippen molar-refractivity contribution in [3.63, 3.8) is 0 Å². The third-order valence-electron chi connectivity index (χ3n) is 4.83. The van der Waals surface area contributed by atoms with Crippen LogP contribution in [0, 0.1) is 5.41 Å². The van der Waals surface area contributed by atoms with Crippen molar-refractivity contribution in [2.24, 2.45) is 4.99 Å². The smallest absolute Gasteiger partial charge is 0.282 e. The van der Waals surface area contributed by atoms with Crippen molar-refractivity contribution in [2.75, 3.05) is 27.4 Å². The first-order valence-electron chi connectivity index (χ1n) is 10.2. The molecule has 0 saturated heterocycles. The van der Waals surface area contributed by atoms with E-state index in [0.29, 0.717) is 53.4 Å². The summed E-state index contributed by atoms with van der Waals surface area (Å²) in [5.74, 6) is 2.70. The van der Waals surface area contributed by atoms with E-state index in [1.165, 1.54) is 12.2 Å². The lowest BCUT2D eigenvalue weighted by Gasteiger charge is -2.23. The van der Waals surface area contributed by atoms with Gasteiger partial charge in [-0.25, -0.2) is 0 Å². The fourth-order valence-electron chi connectivity index (χ4n) is 3.26. The van der Waals surface area contributed by atoms with E-state index in [0.717, 1.165) is 0 Å². The summed E-state index contributed by atoms with van der Waals surface area (Å²) < 4.78 is 22.1. The van der Waals surface area contributed by atoms with Crippen LogP contribution in [0.2, 0.25) is 0 Å². The summed E-state index contributed by atoms with van der Waals surface area (Å²) in [5, 5.41) is 9.53. The highest BCUT2D eigenvalue weighted by Crippen LogP contribution is 2.30. The van der Waals surface area contributed by atoms with Crippen molar-refractivity contribution in [3.8, 4) is 23.0 Å². The molecule has 0 radical (unpaired) electrons. The molecule has 33 heavy (non-hydrogen) atoms. The van der Waals surface area contributed by atoms with Crippen molar-refractivity contribution in [2.45, 2.75) is 6.92 Å². The molecule has 4 rings (SSSR count). The monoisotopic (exact) mass is 449 g/mol. The number of fused-ring (bicyclic) bond motifs is 1. The molecule has 0 spiro atoms. The SMILES string of the molecule is COc1cccc(OCCOc2ccc(/C=C3\C(=N)N4OC(C)=CC4=NC3=O)cc2OC)c1. The zero-order valence-corrected chi connectivity index (χ0v) is 18.5. The van der Waals surface area contributed by atoms with Gasteiger partial charge < -0.3 is 23.8 Å². The lowest BCUT2D eigenvalue weighted by molar-refractivity contribution is -0.114. The number of methoxy groups -OCH3 is 2. The molecule has 2 aromatic carbocycles. The molecule has 1 amide bonds. The Kier molecular flexibility index (Phi) is 6.30. The normalized spacial score (nSPS) is 16.1. The van der Waals surface area contributed by atoms with Gasteiger partial charge in [0.25, 0.3) is 5.91 Å². The molecule has 2 aliphatic rings. The molecule has 170 valence electrons. The van der Waals surface area contributed by atoms with E-state index >= 15 is 0 Å². The Hall–Kier alpha value is -4.27. The Morgan fingerprint density at radius 1 is 1.03 bits per heavy atom. The zero-order valence-electron chi connectivity index (χ0n) is 18.5. The molecule has 0 aromatic heterocycles. The number of benzene rings is 2. The molecule has 0 fully saturated rings. The van der Waals surface area contributed by atoms with Gasteiger partial charge in [-0.15, -0.1) is 5.06 Å². The van der Waals surface area contributed by atoms with Gasteiger partial charge in [-0.1, -0.05) is 12.1 Å². The molecule has 2 heterocycles. The number of hydroxylamine groups is 2. The Morgan fingerprint density at radius 2 is 1.82 bits per heavy atom. The number of hydrogen-bond donors (Lipinski definition) is 1. The van der Waals surface area contributed by atoms with Crippen LogP contribution in [0.3, 0.4) is 0 Å². The van der Waals surface area contributed by atoms with Crippen LogP contribution in [0.1, 0.15) is 12.5 Å². The molecule has 9 heteroatoms. The van der Waals surface area contributed by atoms with Gasteiger partial charge in [-0.2, -0.15) is 4.99 Å². The Labute approximate surface area is 191 Å². The number of amides is 1. The Balaban J connectivity index is 1.42. The quantitative estimate of drug-likeness (QED) is 0.485. The van der Waals surface area contributed by atoms with E-state index in [1.807, 2.05) is 18.2 Å². The highest BCUT2D eigenvalue weighted by atomic mass is 16.7. The highest BCUT2D eigenvalue weighted by Gasteiger charge is 2.34. The average Bonchev–Trinajstić information content (AvgIpc) is 3.20. The van der Waals surface area contributed by atoms with Gasteiger partial charge in [0.1, 0.15) is 30.5 Å². The van der Waals surface area contributed by atoms with Gasteiger partial charge in [0.2, 0.25) is 0 Å². The number of hydrogen-bond acceptors (Lipinski definition) is 7. The maximum absolute atomic E-state index is 12.4. The standard InChI is InChI=1S/C24H23N3O6/c1-15-11-22-26-24(28)19(23(25)27(22)33-15)12-16-7-8-20(21(13-16)30-3)32-10-9-31-18-6-4-5-17(14-18)29-2/h4-8,11-14,25H,9-10H2,1-3H3/b19-12+,25-23?. The van der Waals surface area contributed by atoms with E-state index in [2.05, 4.69) is 4.99 Å². The summed E-state index contributed by atoms with van der Waals surface area (Å²) in [6.45, 7) is 2.36. The molecule has 0 saturated carbocycles. The van der Waals surface area contributed by atoms with Crippen LogP contribution >= 0.6 is 0 Å². The van der Waals surface area contributed by atoms with E-state index in [9.17, 15) is 4.79 Å². The number of ether oxygens (including phenoxy) is 4. The Morgan fingerprint density at radius 3 is 2.61 bits per heavy atom. The van der Waals surface area contributed by atoms with Crippen molar-refractivity contribution in [1.82, 2.24) is 5.06 Å². The summed E-state index contributed by atoms with van der Waals surface area (Å²) in [6.07, 6.45) is 3.18. The third-order valence-corrected chi connectivity index (χ3v) is 4.83. The first kappa shape index (κ1) is 21.9. The van der Waals surface area contributed by atoms with Gasteiger partial charge in [0.15, 0.2) is 23.2 Å². The average molecular weight is 449 g/mol. The second-order valence-electron chi connectivity index (χ2n) is 7.11. The summed E-state index contributed by atoms with van der Waals surface area (Å²) in [5.41, 5.74) is 0.770. The minimum absolute atomic E-state index is 0.0768. The number of aliphatic imine (C=N–C) groups is 1. The lowest BCUT2D eigenvalue weighted by atomic mass is 10.1. The largest absolute Gasteiger partial charge is 0.497 e. The van der Waals surface area contributed by atoms with Crippen LogP contribution in [0.5, 0.6) is 23.0 Å². The molecule has 0 atom stereocenters. The number of nitrogens with zero attached hydrogens (tertiary/aromatic N) is 2. The first-order valence-corrected chi connectivity index (χ1v) is 10.2. The van der Waals surface area contributed by atoms with E-state index in [1.54, 1.807) is 50.5 Å². The van der Waals surface area contributed by atoms with Crippen LogP contribution in [0.4, 0.5) is 0 Å². The number of allylic oxidation sites excluding steroid dienone is 1. The predicted molar refractivity (Wildman–Crippen MR) is 122 cm³/mol. The molecule has 0 bridgehead atoms. The summed E-state index contributed by atoms with van der Waals surface area (Å²) >= 11 is 0. The van der Waals surface area contributed by atoms with Gasteiger partial charge in [0.05, 0.1) is 19.8 Å². The van der Waals surface area contributed by atoms with Gasteiger partial charge >= 0.3 is 0 Å². The second kappa shape index (κ2) is 9.47. The minimum Gasteiger partial charge on any atom is -0.497 e. The van der Waals surface area contributed by atoms with Gasteiger partial charge in [0, 0.05) is 12.1 Å². The summed E-state index contributed by atoms with van der Waals surface area (Å²) in [4.78, 5) is 21.8. The first-order chi connectivity index (χ1) is 16.0. The fraction of sp³-hybridized carbons (Fsp3) is 0.208. The fourth-order valence-corrected chi connectivity index (χ4v) is 3.26. The summed E-state index contributed by atoms with van der Waals surface area (Å²) in [7, 11) is 3.13. The van der Waals surface area contributed by atoms with Crippen molar-refractivity contribution < 1.29 is 28.6 Å².